The van der Waals surface area contributed by atoms with Crippen LogP contribution in [0.5, 0.6) is 5.75 Å². The number of hydrogen-bond donors (Lipinski definition) is 3. The molecule has 2 saturated carbocycles. The van der Waals surface area contributed by atoms with Crippen LogP contribution in [0.25, 0.3) is 0 Å². The molecule has 4 atom stereocenters. The number of rotatable bonds is 10. The van der Waals surface area contributed by atoms with E-state index >= 15 is 0 Å². The van der Waals surface area contributed by atoms with Crippen molar-refractivity contribution in [3.63, 3.8) is 0 Å². The lowest BCUT2D eigenvalue weighted by atomic mass is 9.91. The molecular weight excluding hydrogens is 522 g/mol. The second-order valence-electron chi connectivity index (χ2n) is 10.6. The molecule has 0 bridgehead atoms. The monoisotopic (exact) mass is 554 g/mol. The SMILES string of the molecule is CC(=O)C(=N)c1cc(OCc2ncccn2)ccc1NCC(=O)N1C(C(=O)NC2CCCCC2(F)F)CC2CC21. The van der Waals surface area contributed by atoms with Gasteiger partial charge in [0.05, 0.1) is 12.6 Å². The summed E-state index contributed by atoms with van der Waals surface area (Å²) in [6, 6.07) is 4.39. The average molecular weight is 555 g/mol. The Hall–Kier alpha value is -3.96. The highest BCUT2D eigenvalue weighted by molar-refractivity contribution is 6.45. The number of anilines is 1. The van der Waals surface area contributed by atoms with Crippen LogP contribution in [-0.2, 0) is 21.0 Å². The number of aromatic nitrogens is 2. The molecule has 0 spiro atoms. The Morgan fingerprint density at radius 2 is 1.95 bits per heavy atom. The number of hydrogen-bond acceptors (Lipinski definition) is 8. The van der Waals surface area contributed by atoms with Gasteiger partial charge in [-0.1, -0.05) is 6.42 Å². The van der Waals surface area contributed by atoms with Crippen LogP contribution in [0.2, 0.25) is 0 Å². The number of nitrogens with one attached hydrogen (secondary N) is 3. The van der Waals surface area contributed by atoms with E-state index in [4.69, 9.17) is 10.1 Å². The lowest BCUT2D eigenvalue weighted by Gasteiger charge is -2.34. The van der Waals surface area contributed by atoms with E-state index in [2.05, 4.69) is 20.6 Å². The first-order chi connectivity index (χ1) is 19.1. The molecule has 2 aromatic rings. The second-order valence-corrected chi connectivity index (χ2v) is 10.6. The zero-order valence-electron chi connectivity index (χ0n) is 22.2. The predicted molar refractivity (Wildman–Crippen MR) is 141 cm³/mol. The molecule has 2 aliphatic carbocycles. The Kier molecular flexibility index (Phi) is 7.77. The number of carbonyl (C=O) groups is 3. The van der Waals surface area contributed by atoms with Gasteiger partial charge in [0, 0.05) is 43.0 Å². The third kappa shape index (κ3) is 5.95. The summed E-state index contributed by atoms with van der Waals surface area (Å²) in [4.78, 5) is 48.1. The maximum atomic E-state index is 14.3. The van der Waals surface area contributed by atoms with Crippen molar-refractivity contribution in [1.29, 1.82) is 5.41 Å². The number of ketones is 1. The van der Waals surface area contributed by atoms with Crippen LogP contribution < -0.4 is 15.4 Å². The van der Waals surface area contributed by atoms with Crippen molar-refractivity contribution >= 4 is 29.0 Å². The van der Waals surface area contributed by atoms with Crippen molar-refractivity contribution in [2.75, 3.05) is 11.9 Å². The van der Waals surface area contributed by atoms with Gasteiger partial charge in [0.15, 0.2) is 11.6 Å². The van der Waals surface area contributed by atoms with Gasteiger partial charge in [-0.05, 0) is 55.9 Å². The minimum Gasteiger partial charge on any atom is -0.486 e. The molecule has 12 heteroatoms. The molecule has 3 aliphatic rings. The van der Waals surface area contributed by atoms with Crippen LogP contribution in [0.3, 0.4) is 0 Å². The number of fused-ring (bicyclic) bond motifs is 1. The second kappa shape index (κ2) is 11.3. The van der Waals surface area contributed by atoms with Crippen molar-refractivity contribution in [3.8, 4) is 5.75 Å². The molecular formula is C28H32F2N6O4. The van der Waals surface area contributed by atoms with Crippen molar-refractivity contribution < 1.29 is 27.9 Å². The van der Waals surface area contributed by atoms with Crippen LogP contribution in [-0.4, -0.2) is 68.8 Å². The number of piperidine rings is 1. The molecule has 5 rings (SSSR count). The van der Waals surface area contributed by atoms with E-state index in [9.17, 15) is 23.2 Å². The van der Waals surface area contributed by atoms with Gasteiger partial charge in [-0.25, -0.2) is 18.7 Å². The zero-order valence-corrected chi connectivity index (χ0v) is 22.2. The van der Waals surface area contributed by atoms with Crippen LogP contribution >= 0.6 is 0 Å². The molecule has 40 heavy (non-hydrogen) atoms. The molecule has 4 unspecified atom stereocenters. The highest BCUT2D eigenvalue weighted by Crippen LogP contribution is 2.48. The van der Waals surface area contributed by atoms with E-state index in [-0.39, 0.29) is 55.1 Å². The fourth-order valence-electron chi connectivity index (χ4n) is 5.57. The molecule has 1 saturated heterocycles. The van der Waals surface area contributed by atoms with Gasteiger partial charge >= 0.3 is 0 Å². The Bertz CT molecular complexity index is 1310. The Morgan fingerprint density at radius 3 is 2.67 bits per heavy atom. The predicted octanol–water partition coefficient (Wildman–Crippen LogP) is 3.11. The third-order valence-corrected chi connectivity index (χ3v) is 7.80. The standard InChI is InChI=1S/C28H32F2N6O4/c1-16(37)26(31)19-13-18(40-15-24-32-9-4-10-33-24)6-7-20(19)34-14-25(38)36-21-11-17(21)12-22(36)27(39)35-23-5-2-3-8-28(23,29)30/h4,6-7,9-10,13,17,21-23,31,34H,2-3,5,8,11-12,14-15H2,1H3,(H,35,39). The third-order valence-electron chi connectivity index (χ3n) is 7.80. The van der Waals surface area contributed by atoms with Crippen molar-refractivity contribution in [2.45, 2.75) is 76.1 Å². The van der Waals surface area contributed by atoms with E-state index in [1.165, 1.54) is 17.9 Å². The zero-order chi connectivity index (χ0) is 28.4. The summed E-state index contributed by atoms with van der Waals surface area (Å²) in [5.41, 5.74) is 0.378. The number of Topliss-reactive ketones (excluding diaryl/α,β-unsaturated/α-hetero) is 1. The fraction of sp³-hybridized carbons (Fsp3) is 0.500. The average Bonchev–Trinajstić information content (AvgIpc) is 3.60. The number of amides is 2. The summed E-state index contributed by atoms with van der Waals surface area (Å²) < 4.78 is 34.4. The Labute approximate surface area is 230 Å². The van der Waals surface area contributed by atoms with E-state index in [1.807, 2.05) is 0 Å². The van der Waals surface area contributed by atoms with Crippen LogP contribution in [0.4, 0.5) is 14.5 Å². The topological polar surface area (TPSA) is 137 Å². The van der Waals surface area contributed by atoms with Crippen LogP contribution in [0, 0.1) is 11.3 Å². The smallest absolute Gasteiger partial charge is 0.267 e. The Balaban J connectivity index is 1.25. The number of carbonyl (C=O) groups excluding carboxylic acids is 3. The summed E-state index contributed by atoms with van der Waals surface area (Å²) in [7, 11) is 0. The van der Waals surface area contributed by atoms with Gasteiger partial charge in [0.25, 0.3) is 5.92 Å². The highest BCUT2D eigenvalue weighted by Gasteiger charge is 2.56. The summed E-state index contributed by atoms with van der Waals surface area (Å²) in [6.45, 7) is 1.18. The quantitative estimate of drug-likeness (QED) is 0.384. The summed E-state index contributed by atoms with van der Waals surface area (Å²) in [5.74, 6) is -3.24. The summed E-state index contributed by atoms with van der Waals surface area (Å²) >= 11 is 0. The van der Waals surface area contributed by atoms with Crippen molar-refractivity contribution in [3.05, 3.63) is 48.0 Å². The first-order valence-corrected chi connectivity index (χ1v) is 13.5. The first kappa shape index (κ1) is 27.6. The van der Waals surface area contributed by atoms with Crippen molar-refractivity contribution in [1.82, 2.24) is 20.2 Å². The molecule has 2 amide bonds. The van der Waals surface area contributed by atoms with Crippen LogP contribution in [0.1, 0.15) is 56.8 Å². The van der Waals surface area contributed by atoms with Crippen molar-refractivity contribution in [2.24, 2.45) is 5.92 Å². The Morgan fingerprint density at radius 1 is 1.18 bits per heavy atom. The fourth-order valence-corrected chi connectivity index (χ4v) is 5.57. The number of alkyl halides is 2. The van der Waals surface area contributed by atoms with Gasteiger partial charge in [-0.3, -0.25) is 19.8 Å². The lowest BCUT2D eigenvalue weighted by Crippen LogP contribution is -2.56. The molecule has 0 radical (unpaired) electrons. The van der Waals surface area contributed by atoms with E-state index in [0.29, 0.717) is 36.5 Å². The minimum atomic E-state index is -2.95. The maximum absolute atomic E-state index is 14.3. The van der Waals surface area contributed by atoms with Gasteiger partial charge in [-0.15, -0.1) is 0 Å². The van der Waals surface area contributed by atoms with E-state index < -0.39 is 29.7 Å². The van der Waals surface area contributed by atoms with Gasteiger partial charge in [-0.2, -0.15) is 0 Å². The molecule has 2 heterocycles. The molecule has 1 aromatic carbocycles. The van der Waals surface area contributed by atoms with Gasteiger partial charge in [0.2, 0.25) is 11.8 Å². The maximum Gasteiger partial charge on any atom is 0.267 e. The van der Waals surface area contributed by atoms with Crippen LogP contribution in [0.15, 0.2) is 36.7 Å². The normalized spacial score (nSPS) is 24.5. The first-order valence-electron chi connectivity index (χ1n) is 13.5. The van der Waals surface area contributed by atoms with Gasteiger partial charge in [0.1, 0.15) is 24.1 Å². The molecule has 3 N–H and O–H groups in total. The molecule has 1 aliphatic heterocycles. The molecule has 212 valence electrons. The summed E-state index contributed by atoms with van der Waals surface area (Å²) in [6.07, 6.45) is 5.46. The highest BCUT2D eigenvalue weighted by atomic mass is 19.3. The molecule has 3 fully saturated rings. The number of nitrogens with zero attached hydrogens (tertiary/aromatic N) is 3. The van der Waals surface area contributed by atoms with E-state index in [1.54, 1.807) is 30.6 Å². The number of likely N-dealkylation sites (tertiary alicyclic amines) is 1. The largest absolute Gasteiger partial charge is 0.486 e. The molecule has 1 aromatic heterocycles. The minimum absolute atomic E-state index is 0.0807. The number of benzene rings is 1. The molecule has 10 nitrogen and oxygen atoms in total. The summed E-state index contributed by atoms with van der Waals surface area (Å²) in [5, 5.41) is 13.8. The lowest BCUT2D eigenvalue weighted by molar-refractivity contribution is -0.141. The van der Waals surface area contributed by atoms with E-state index in [0.717, 1.165) is 6.42 Å². The van der Waals surface area contributed by atoms with Gasteiger partial charge < -0.3 is 20.3 Å². The number of halogens is 2. The number of ether oxygens (including phenoxy) is 1.